The molecule has 0 bridgehead atoms. The molecule has 0 radical (unpaired) electrons. The Bertz CT molecular complexity index is 638. The lowest BCUT2D eigenvalue weighted by atomic mass is 10.1. The number of hydrogen-bond acceptors (Lipinski definition) is 2. The molecule has 4 nitrogen and oxygen atoms in total. The van der Waals surface area contributed by atoms with E-state index in [0.717, 1.165) is 12.1 Å². The van der Waals surface area contributed by atoms with Gasteiger partial charge in [0, 0.05) is 17.7 Å². The number of quaternary nitrogens is 1. The van der Waals surface area contributed by atoms with Gasteiger partial charge in [0.05, 0.1) is 21.2 Å². The van der Waals surface area contributed by atoms with Crippen LogP contribution in [0.15, 0.2) is 48.5 Å². The second-order valence-electron chi connectivity index (χ2n) is 5.57. The summed E-state index contributed by atoms with van der Waals surface area (Å²) >= 11 is 0. The van der Waals surface area contributed by atoms with E-state index < -0.39 is 0 Å². The zero-order chi connectivity index (χ0) is 15.9. The normalized spacial score (nSPS) is 10.5. The lowest BCUT2D eigenvalue weighted by Gasteiger charge is -2.13. The second-order valence-corrected chi connectivity index (χ2v) is 5.57. The van der Waals surface area contributed by atoms with Gasteiger partial charge in [-0.25, -0.2) is 0 Å². The number of ether oxygens (including phenoxy) is 1. The average molecular weight is 299 g/mol. The Labute approximate surface area is 131 Å². The van der Waals surface area contributed by atoms with Gasteiger partial charge in [0.15, 0.2) is 0 Å². The fourth-order valence-corrected chi connectivity index (χ4v) is 2.33. The van der Waals surface area contributed by atoms with Crippen molar-refractivity contribution in [3.05, 3.63) is 65.2 Å². The first-order chi connectivity index (χ1) is 10.6. The molecule has 4 heteroatoms. The summed E-state index contributed by atoms with van der Waals surface area (Å²) in [6.45, 7) is 1.46. The average Bonchev–Trinajstić information content (AvgIpc) is 2.53. The van der Waals surface area contributed by atoms with Crippen LogP contribution in [0.4, 0.5) is 0 Å². The minimum Gasteiger partial charge on any atom is -0.497 e. The van der Waals surface area contributed by atoms with E-state index in [1.807, 2.05) is 24.3 Å². The summed E-state index contributed by atoms with van der Waals surface area (Å²) in [4.78, 5) is 13.6. The van der Waals surface area contributed by atoms with Gasteiger partial charge in [-0.2, -0.15) is 0 Å². The van der Waals surface area contributed by atoms with Gasteiger partial charge >= 0.3 is 0 Å². The number of nitrogens with one attached hydrogen (secondary N) is 2. The van der Waals surface area contributed by atoms with Gasteiger partial charge in [-0.1, -0.05) is 30.3 Å². The zero-order valence-corrected chi connectivity index (χ0v) is 13.3. The van der Waals surface area contributed by atoms with Crippen molar-refractivity contribution < 1.29 is 14.4 Å². The van der Waals surface area contributed by atoms with Gasteiger partial charge in [0.1, 0.15) is 12.3 Å². The molecule has 0 fully saturated rings. The van der Waals surface area contributed by atoms with Gasteiger partial charge < -0.3 is 15.0 Å². The van der Waals surface area contributed by atoms with E-state index in [0.29, 0.717) is 17.9 Å². The highest BCUT2D eigenvalue weighted by atomic mass is 16.5. The molecule has 1 amide bonds. The second kappa shape index (κ2) is 7.61. The molecule has 0 atom stereocenters. The number of methoxy groups -OCH3 is 1. The van der Waals surface area contributed by atoms with Gasteiger partial charge in [0.2, 0.25) is 0 Å². The molecule has 0 unspecified atom stereocenters. The van der Waals surface area contributed by atoms with E-state index in [4.69, 9.17) is 4.74 Å². The summed E-state index contributed by atoms with van der Waals surface area (Å²) < 4.78 is 5.15. The largest absolute Gasteiger partial charge is 0.497 e. The molecule has 2 N–H and O–H groups in total. The molecule has 0 saturated heterocycles. The van der Waals surface area contributed by atoms with Gasteiger partial charge in [0.25, 0.3) is 5.91 Å². The fourth-order valence-electron chi connectivity index (χ4n) is 2.33. The Morgan fingerprint density at radius 2 is 1.82 bits per heavy atom. The van der Waals surface area contributed by atoms with Crippen LogP contribution in [0.5, 0.6) is 5.75 Å². The highest BCUT2D eigenvalue weighted by molar-refractivity contribution is 5.94. The molecule has 0 aliphatic carbocycles. The van der Waals surface area contributed by atoms with Crippen LogP contribution in [0.1, 0.15) is 21.5 Å². The lowest BCUT2D eigenvalue weighted by molar-refractivity contribution is -0.872. The van der Waals surface area contributed by atoms with Crippen LogP contribution in [-0.4, -0.2) is 27.1 Å². The molecule has 0 saturated carbocycles. The molecular formula is C18H23N2O2+. The monoisotopic (exact) mass is 299 g/mol. The minimum absolute atomic E-state index is 0.0918. The molecular weight excluding hydrogens is 276 g/mol. The van der Waals surface area contributed by atoms with E-state index in [1.165, 1.54) is 10.5 Å². The van der Waals surface area contributed by atoms with Gasteiger partial charge in [-0.15, -0.1) is 0 Å². The lowest BCUT2D eigenvalue weighted by Crippen LogP contribution is -3.04. The van der Waals surface area contributed by atoms with E-state index in [2.05, 4.69) is 31.5 Å². The van der Waals surface area contributed by atoms with Crippen LogP contribution < -0.4 is 15.0 Å². The van der Waals surface area contributed by atoms with Crippen LogP contribution >= 0.6 is 0 Å². The van der Waals surface area contributed by atoms with Crippen molar-refractivity contribution in [3.8, 4) is 5.75 Å². The molecule has 116 valence electrons. The SMILES string of the molecule is COc1cccc(C(=O)NCc2ccccc2C[NH+](C)C)c1. The maximum atomic E-state index is 12.2. The molecule has 2 aromatic carbocycles. The molecule has 0 aliphatic heterocycles. The first kappa shape index (κ1) is 16.0. The third-order valence-electron chi connectivity index (χ3n) is 3.43. The fraction of sp³-hybridized carbons (Fsp3) is 0.278. The van der Waals surface area contributed by atoms with Crippen LogP contribution in [0.25, 0.3) is 0 Å². The predicted octanol–water partition coefficient (Wildman–Crippen LogP) is 1.27. The van der Waals surface area contributed by atoms with E-state index in [1.54, 1.807) is 19.2 Å². The maximum absolute atomic E-state index is 12.2. The number of carbonyl (C=O) groups excluding carboxylic acids is 1. The quantitative estimate of drug-likeness (QED) is 0.843. The van der Waals surface area contributed by atoms with E-state index >= 15 is 0 Å². The first-order valence-electron chi connectivity index (χ1n) is 7.38. The van der Waals surface area contributed by atoms with Crippen molar-refractivity contribution in [1.29, 1.82) is 0 Å². The number of carbonyl (C=O) groups is 1. The summed E-state index contributed by atoms with van der Waals surface area (Å²) in [6, 6.07) is 15.4. The van der Waals surface area contributed by atoms with Crippen molar-refractivity contribution in [2.75, 3.05) is 21.2 Å². The zero-order valence-electron chi connectivity index (χ0n) is 13.3. The van der Waals surface area contributed by atoms with Gasteiger partial charge in [-0.05, 0) is 23.8 Å². The Hall–Kier alpha value is -2.33. The standard InChI is InChI=1S/C18H22N2O2/c1-20(2)13-16-8-5-4-7-15(16)12-19-18(21)14-9-6-10-17(11-14)22-3/h4-11H,12-13H2,1-3H3,(H,19,21)/p+1. The molecule has 0 aliphatic rings. The van der Waals surface area contributed by atoms with E-state index in [9.17, 15) is 4.79 Å². The molecule has 0 aromatic heterocycles. The summed E-state index contributed by atoms with van der Waals surface area (Å²) in [7, 11) is 5.83. The molecule has 22 heavy (non-hydrogen) atoms. The highest BCUT2D eigenvalue weighted by Crippen LogP contribution is 2.13. The summed E-state index contributed by atoms with van der Waals surface area (Å²) in [6.07, 6.45) is 0. The predicted molar refractivity (Wildman–Crippen MR) is 87.1 cm³/mol. The maximum Gasteiger partial charge on any atom is 0.251 e. The Morgan fingerprint density at radius 1 is 1.09 bits per heavy atom. The summed E-state index contributed by atoms with van der Waals surface area (Å²) in [5.41, 5.74) is 3.02. The molecule has 2 aromatic rings. The van der Waals surface area contributed by atoms with Crippen molar-refractivity contribution in [2.24, 2.45) is 0 Å². The van der Waals surface area contributed by atoms with E-state index in [-0.39, 0.29) is 5.91 Å². The molecule has 0 heterocycles. The van der Waals surface area contributed by atoms with Crippen LogP contribution in [0.2, 0.25) is 0 Å². The number of benzene rings is 2. The highest BCUT2D eigenvalue weighted by Gasteiger charge is 2.09. The molecule has 2 rings (SSSR count). The first-order valence-corrected chi connectivity index (χ1v) is 7.38. The Balaban J connectivity index is 2.05. The Morgan fingerprint density at radius 3 is 2.50 bits per heavy atom. The van der Waals surface area contributed by atoms with Gasteiger partial charge in [-0.3, -0.25) is 4.79 Å². The third-order valence-corrected chi connectivity index (χ3v) is 3.43. The van der Waals surface area contributed by atoms with Crippen LogP contribution in [-0.2, 0) is 13.1 Å². The smallest absolute Gasteiger partial charge is 0.251 e. The Kier molecular flexibility index (Phi) is 5.55. The summed E-state index contributed by atoms with van der Waals surface area (Å²) in [5, 5.41) is 2.98. The van der Waals surface area contributed by atoms with Crippen molar-refractivity contribution in [3.63, 3.8) is 0 Å². The number of hydrogen-bond donors (Lipinski definition) is 2. The minimum atomic E-state index is -0.0918. The van der Waals surface area contributed by atoms with Crippen molar-refractivity contribution in [1.82, 2.24) is 5.32 Å². The molecule has 0 spiro atoms. The number of amides is 1. The summed E-state index contributed by atoms with van der Waals surface area (Å²) in [5.74, 6) is 0.593. The number of rotatable bonds is 6. The van der Waals surface area contributed by atoms with Crippen LogP contribution in [0.3, 0.4) is 0 Å². The topological polar surface area (TPSA) is 42.8 Å². The van der Waals surface area contributed by atoms with Crippen LogP contribution in [0, 0.1) is 0 Å². The third kappa shape index (κ3) is 4.33. The van der Waals surface area contributed by atoms with Crippen molar-refractivity contribution in [2.45, 2.75) is 13.1 Å². The van der Waals surface area contributed by atoms with Crippen molar-refractivity contribution >= 4 is 5.91 Å².